The van der Waals surface area contributed by atoms with Gasteiger partial charge in [-0.1, -0.05) is 13.0 Å². The summed E-state index contributed by atoms with van der Waals surface area (Å²) in [5.74, 6) is -2.22. The van der Waals surface area contributed by atoms with Crippen molar-refractivity contribution >= 4 is 5.91 Å². The Hall–Kier alpha value is -1.49. The second-order valence-electron chi connectivity index (χ2n) is 3.78. The van der Waals surface area contributed by atoms with Crippen LogP contribution in [0.2, 0.25) is 0 Å². The third kappa shape index (κ3) is 4.11. The standard InChI is InChI=1S/C12H15F2NO2/c1-2-9(7-16)15-12(17)6-8-3-4-10(13)11(14)5-8/h3-5,9,16H,2,6-7H2,1H3,(H,15,17)/t9-/m0/s1. The van der Waals surface area contributed by atoms with E-state index in [4.69, 9.17) is 5.11 Å². The lowest BCUT2D eigenvalue weighted by atomic mass is 10.1. The van der Waals surface area contributed by atoms with Crippen LogP contribution in [0.4, 0.5) is 8.78 Å². The molecule has 2 N–H and O–H groups in total. The highest BCUT2D eigenvalue weighted by Crippen LogP contribution is 2.09. The molecule has 17 heavy (non-hydrogen) atoms. The lowest BCUT2D eigenvalue weighted by molar-refractivity contribution is -0.121. The van der Waals surface area contributed by atoms with Crippen molar-refractivity contribution in [3.05, 3.63) is 35.4 Å². The van der Waals surface area contributed by atoms with Crippen LogP contribution in [0, 0.1) is 11.6 Å². The molecular formula is C12H15F2NO2. The van der Waals surface area contributed by atoms with E-state index in [9.17, 15) is 13.6 Å². The largest absolute Gasteiger partial charge is 0.394 e. The van der Waals surface area contributed by atoms with Gasteiger partial charge >= 0.3 is 0 Å². The molecule has 5 heteroatoms. The second-order valence-corrected chi connectivity index (χ2v) is 3.78. The van der Waals surface area contributed by atoms with Crippen molar-refractivity contribution in [1.82, 2.24) is 5.32 Å². The van der Waals surface area contributed by atoms with E-state index in [0.717, 1.165) is 12.1 Å². The van der Waals surface area contributed by atoms with Crippen LogP contribution in [0.1, 0.15) is 18.9 Å². The van der Waals surface area contributed by atoms with Gasteiger partial charge in [0.15, 0.2) is 11.6 Å². The third-order valence-electron chi connectivity index (χ3n) is 2.43. The van der Waals surface area contributed by atoms with Gasteiger partial charge in [0, 0.05) is 0 Å². The first-order chi connectivity index (χ1) is 8.06. The number of carbonyl (C=O) groups is 1. The molecule has 0 radical (unpaired) electrons. The first-order valence-electron chi connectivity index (χ1n) is 5.41. The van der Waals surface area contributed by atoms with Crippen LogP contribution in [-0.2, 0) is 11.2 Å². The molecule has 0 bridgehead atoms. The van der Waals surface area contributed by atoms with Crippen LogP contribution in [0.15, 0.2) is 18.2 Å². The normalized spacial score (nSPS) is 12.2. The van der Waals surface area contributed by atoms with Gasteiger partial charge in [0.1, 0.15) is 0 Å². The van der Waals surface area contributed by atoms with Crippen molar-refractivity contribution < 1.29 is 18.7 Å². The molecule has 0 heterocycles. The molecule has 1 aromatic carbocycles. The molecule has 1 aromatic rings. The number of amides is 1. The van der Waals surface area contributed by atoms with Crippen LogP contribution in [0.5, 0.6) is 0 Å². The first-order valence-corrected chi connectivity index (χ1v) is 5.41. The summed E-state index contributed by atoms with van der Waals surface area (Å²) in [5.41, 5.74) is 0.397. The molecule has 1 atom stereocenters. The highest BCUT2D eigenvalue weighted by atomic mass is 19.2. The van der Waals surface area contributed by atoms with E-state index < -0.39 is 11.6 Å². The van der Waals surface area contributed by atoms with Gasteiger partial charge in [-0.2, -0.15) is 0 Å². The van der Waals surface area contributed by atoms with Crippen molar-refractivity contribution in [2.45, 2.75) is 25.8 Å². The number of hydrogen-bond acceptors (Lipinski definition) is 2. The van der Waals surface area contributed by atoms with Crippen molar-refractivity contribution in [2.75, 3.05) is 6.61 Å². The van der Waals surface area contributed by atoms with E-state index in [1.54, 1.807) is 0 Å². The average Bonchev–Trinajstić information content (AvgIpc) is 2.31. The molecule has 3 nitrogen and oxygen atoms in total. The number of rotatable bonds is 5. The van der Waals surface area contributed by atoms with E-state index in [-0.39, 0.29) is 25.0 Å². The predicted octanol–water partition coefficient (Wildman–Crippen LogP) is 1.39. The van der Waals surface area contributed by atoms with Crippen molar-refractivity contribution in [3.8, 4) is 0 Å². The fourth-order valence-corrected chi connectivity index (χ4v) is 1.39. The molecule has 0 unspecified atom stereocenters. The van der Waals surface area contributed by atoms with Crippen LogP contribution in [-0.4, -0.2) is 23.7 Å². The number of hydrogen-bond donors (Lipinski definition) is 2. The zero-order valence-electron chi connectivity index (χ0n) is 9.54. The Labute approximate surface area is 98.5 Å². The Balaban J connectivity index is 2.58. The van der Waals surface area contributed by atoms with Gasteiger partial charge in [0.2, 0.25) is 5.91 Å². The summed E-state index contributed by atoms with van der Waals surface area (Å²) in [6.45, 7) is 1.69. The molecule has 1 amide bonds. The van der Waals surface area contributed by atoms with Gasteiger partial charge in [-0.3, -0.25) is 4.79 Å². The monoisotopic (exact) mass is 243 g/mol. The maximum atomic E-state index is 12.9. The third-order valence-corrected chi connectivity index (χ3v) is 2.43. The minimum absolute atomic E-state index is 0.0340. The van der Waals surface area contributed by atoms with Gasteiger partial charge in [-0.25, -0.2) is 8.78 Å². The lowest BCUT2D eigenvalue weighted by Gasteiger charge is -2.13. The molecule has 0 fully saturated rings. The summed E-state index contributed by atoms with van der Waals surface area (Å²) in [4.78, 5) is 11.5. The fraction of sp³-hybridized carbons (Fsp3) is 0.417. The zero-order chi connectivity index (χ0) is 12.8. The summed E-state index contributed by atoms with van der Waals surface area (Å²) in [5, 5.41) is 11.5. The number of halogens is 2. The Morgan fingerprint density at radius 3 is 2.65 bits per heavy atom. The van der Waals surface area contributed by atoms with Crippen LogP contribution in [0.3, 0.4) is 0 Å². The molecule has 0 saturated carbocycles. The summed E-state index contributed by atoms with van der Waals surface area (Å²) in [7, 11) is 0. The fourth-order valence-electron chi connectivity index (χ4n) is 1.39. The number of benzene rings is 1. The minimum Gasteiger partial charge on any atom is -0.394 e. The average molecular weight is 243 g/mol. The molecule has 0 aliphatic heterocycles. The van der Waals surface area contributed by atoms with Crippen LogP contribution < -0.4 is 5.32 Å². The number of nitrogens with one attached hydrogen (secondary N) is 1. The molecule has 0 spiro atoms. The lowest BCUT2D eigenvalue weighted by Crippen LogP contribution is -2.37. The summed E-state index contributed by atoms with van der Waals surface area (Å²) in [6, 6.07) is 3.04. The van der Waals surface area contributed by atoms with E-state index in [2.05, 4.69) is 5.32 Å². The summed E-state index contributed by atoms with van der Waals surface area (Å²) >= 11 is 0. The number of aliphatic hydroxyl groups excluding tert-OH is 1. The van der Waals surface area contributed by atoms with Crippen LogP contribution in [0.25, 0.3) is 0 Å². The van der Waals surface area contributed by atoms with E-state index in [1.807, 2.05) is 6.92 Å². The van der Waals surface area contributed by atoms with E-state index >= 15 is 0 Å². The number of aliphatic hydroxyl groups is 1. The first kappa shape index (κ1) is 13.6. The molecule has 0 aliphatic rings. The number of carbonyl (C=O) groups excluding carboxylic acids is 1. The maximum absolute atomic E-state index is 12.9. The molecule has 0 aromatic heterocycles. The highest BCUT2D eigenvalue weighted by Gasteiger charge is 2.11. The second kappa shape index (κ2) is 6.30. The van der Waals surface area contributed by atoms with Crippen molar-refractivity contribution in [1.29, 1.82) is 0 Å². The summed E-state index contributed by atoms with van der Waals surface area (Å²) < 4.78 is 25.5. The Kier molecular flexibility index (Phi) is 5.03. The zero-order valence-corrected chi connectivity index (χ0v) is 9.54. The van der Waals surface area contributed by atoms with Gasteiger partial charge in [0.05, 0.1) is 19.1 Å². The molecule has 0 aliphatic carbocycles. The Morgan fingerprint density at radius 2 is 2.12 bits per heavy atom. The minimum atomic E-state index is -0.968. The predicted molar refractivity (Wildman–Crippen MR) is 59.4 cm³/mol. The van der Waals surface area contributed by atoms with E-state index in [0.29, 0.717) is 12.0 Å². The Bertz CT molecular complexity index is 392. The Morgan fingerprint density at radius 1 is 1.41 bits per heavy atom. The molecule has 0 saturated heterocycles. The van der Waals surface area contributed by atoms with Crippen molar-refractivity contribution in [3.63, 3.8) is 0 Å². The quantitative estimate of drug-likeness (QED) is 0.821. The van der Waals surface area contributed by atoms with Gasteiger partial charge < -0.3 is 10.4 Å². The van der Waals surface area contributed by atoms with Gasteiger partial charge in [-0.15, -0.1) is 0 Å². The maximum Gasteiger partial charge on any atom is 0.224 e. The van der Waals surface area contributed by atoms with Crippen LogP contribution >= 0.6 is 0 Å². The molecule has 1 rings (SSSR count). The van der Waals surface area contributed by atoms with Gasteiger partial charge in [0.25, 0.3) is 0 Å². The SMILES string of the molecule is CC[C@@H](CO)NC(=O)Cc1ccc(F)c(F)c1. The summed E-state index contributed by atoms with van der Waals surface area (Å²) in [6.07, 6.45) is 0.577. The smallest absolute Gasteiger partial charge is 0.224 e. The van der Waals surface area contributed by atoms with Gasteiger partial charge in [-0.05, 0) is 24.1 Å². The van der Waals surface area contributed by atoms with Crippen molar-refractivity contribution in [2.24, 2.45) is 0 Å². The molecular weight excluding hydrogens is 228 g/mol. The highest BCUT2D eigenvalue weighted by molar-refractivity contribution is 5.78. The van der Waals surface area contributed by atoms with E-state index in [1.165, 1.54) is 6.07 Å². The molecule has 94 valence electrons. The topological polar surface area (TPSA) is 49.3 Å².